The van der Waals surface area contributed by atoms with Crippen LogP contribution in [0, 0.1) is 0 Å². The molecule has 0 atom stereocenters. The topological polar surface area (TPSA) is 58.6 Å². The summed E-state index contributed by atoms with van der Waals surface area (Å²) < 4.78 is 5.66. The predicted molar refractivity (Wildman–Crippen MR) is 71.5 cm³/mol. The van der Waals surface area contributed by atoms with Gasteiger partial charge in [0.1, 0.15) is 5.75 Å². The molecule has 102 valence electrons. The highest BCUT2D eigenvalue weighted by atomic mass is 16.5. The highest BCUT2D eigenvalue weighted by Gasteiger charge is 2.25. The van der Waals surface area contributed by atoms with E-state index in [4.69, 9.17) is 4.74 Å². The molecule has 1 N–H and O–H groups in total. The molecule has 1 aliphatic carbocycles. The molecule has 0 radical (unpaired) electrons. The summed E-state index contributed by atoms with van der Waals surface area (Å²) in [4.78, 5) is 25.4. The summed E-state index contributed by atoms with van der Waals surface area (Å²) in [6.07, 6.45) is 2.36. The molecule has 1 aromatic carbocycles. The second-order valence-corrected chi connectivity index (χ2v) is 4.80. The molecule has 5 heteroatoms. The van der Waals surface area contributed by atoms with Gasteiger partial charge in [-0.25, -0.2) is 0 Å². The number of hydrogen-bond donors (Lipinski definition) is 1. The molecule has 0 spiro atoms. The Morgan fingerprint density at radius 1 is 1.26 bits per heavy atom. The maximum atomic E-state index is 12.1. The average molecular weight is 262 g/mol. The van der Waals surface area contributed by atoms with Crippen LogP contribution < -0.4 is 10.1 Å². The summed E-state index contributed by atoms with van der Waals surface area (Å²) in [7, 11) is 4.86. The average Bonchev–Trinajstić information content (AvgIpc) is 3.20. The maximum absolute atomic E-state index is 12.1. The minimum Gasteiger partial charge on any atom is -0.490 e. The van der Waals surface area contributed by atoms with Gasteiger partial charge in [-0.2, -0.15) is 0 Å². The molecule has 1 aromatic rings. The highest BCUT2D eigenvalue weighted by molar-refractivity contribution is 6.07. The van der Waals surface area contributed by atoms with Crippen molar-refractivity contribution >= 4 is 11.8 Å². The van der Waals surface area contributed by atoms with E-state index in [0.29, 0.717) is 16.9 Å². The lowest BCUT2D eigenvalue weighted by Gasteiger charge is -2.15. The molecule has 2 amide bonds. The van der Waals surface area contributed by atoms with Crippen LogP contribution in [0.1, 0.15) is 33.6 Å². The largest absolute Gasteiger partial charge is 0.490 e. The van der Waals surface area contributed by atoms with Crippen molar-refractivity contribution in [2.24, 2.45) is 0 Å². The van der Waals surface area contributed by atoms with E-state index in [1.165, 1.54) is 4.90 Å². The van der Waals surface area contributed by atoms with E-state index < -0.39 is 0 Å². The van der Waals surface area contributed by atoms with Crippen LogP contribution >= 0.6 is 0 Å². The van der Waals surface area contributed by atoms with Gasteiger partial charge < -0.3 is 15.0 Å². The number of rotatable bonds is 4. The van der Waals surface area contributed by atoms with Gasteiger partial charge in [0, 0.05) is 21.1 Å². The normalized spacial score (nSPS) is 13.8. The number of ether oxygens (including phenoxy) is 1. The summed E-state index contributed by atoms with van der Waals surface area (Å²) in [6.45, 7) is 0. The number of carbonyl (C=O) groups excluding carboxylic acids is 2. The van der Waals surface area contributed by atoms with Crippen molar-refractivity contribution in [3.63, 3.8) is 0 Å². The van der Waals surface area contributed by atoms with Crippen molar-refractivity contribution < 1.29 is 14.3 Å². The molecular weight excluding hydrogens is 244 g/mol. The maximum Gasteiger partial charge on any atom is 0.254 e. The number of benzene rings is 1. The summed E-state index contributed by atoms with van der Waals surface area (Å²) in [5.74, 6) is 0.156. The summed E-state index contributed by atoms with van der Waals surface area (Å²) in [6, 6.07) is 5.01. The van der Waals surface area contributed by atoms with Gasteiger partial charge in [-0.3, -0.25) is 9.59 Å². The Bertz CT molecular complexity index is 507. The van der Waals surface area contributed by atoms with Crippen LogP contribution in [0.15, 0.2) is 18.2 Å². The predicted octanol–water partition coefficient (Wildman–Crippen LogP) is 1.29. The third-order valence-electron chi connectivity index (χ3n) is 2.93. The number of nitrogens with one attached hydrogen (secondary N) is 1. The third-order valence-corrected chi connectivity index (χ3v) is 2.93. The Kier molecular flexibility index (Phi) is 3.74. The first-order chi connectivity index (χ1) is 9.02. The first-order valence-electron chi connectivity index (χ1n) is 6.27. The number of nitrogens with zero attached hydrogens (tertiary/aromatic N) is 1. The van der Waals surface area contributed by atoms with E-state index in [-0.39, 0.29) is 17.9 Å². The van der Waals surface area contributed by atoms with Crippen molar-refractivity contribution in [3.05, 3.63) is 29.3 Å². The van der Waals surface area contributed by atoms with Gasteiger partial charge in [-0.15, -0.1) is 0 Å². The van der Waals surface area contributed by atoms with Gasteiger partial charge in [0.2, 0.25) is 0 Å². The van der Waals surface area contributed by atoms with E-state index >= 15 is 0 Å². The summed E-state index contributed by atoms with van der Waals surface area (Å²) in [5.41, 5.74) is 0.729. The Labute approximate surface area is 112 Å². The van der Waals surface area contributed by atoms with Crippen LogP contribution in [-0.4, -0.2) is 44.0 Å². The zero-order valence-electron chi connectivity index (χ0n) is 11.4. The highest BCUT2D eigenvalue weighted by Crippen LogP contribution is 2.28. The molecule has 5 nitrogen and oxygen atoms in total. The lowest BCUT2D eigenvalue weighted by molar-refractivity contribution is 0.0818. The fourth-order valence-electron chi connectivity index (χ4n) is 1.73. The van der Waals surface area contributed by atoms with Gasteiger partial charge in [0.15, 0.2) is 0 Å². The minimum atomic E-state index is -0.275. The van der Waals surface area contributed by atoms with Crippen LogP contribution in [0.2, 0.25) is 0 Å². The molecule has 2 rings (SSSR count). The molecule has 0 heterocycles. The zero-order valence-corrected chi connectivity index (χ0v) is 11.4. The van der Waals surface area contributed by atoms with Crippen LogP contribution in [0.4, 0.5) is 0 Å². The molecule has 1 aliphatic rings. The molecule has 0 aromatic heterocycles. The molecular formula is C14H18N2O3. The number of amides is 2. The number of hydrogen-bond acceptors (Lipinski definition) is 3. The number of carbonyl (C=O) groups is 2. The second kappa shape index (κ2) is 5.30. The van der Waals surface area contributed by atoms with E-state index in [9.17, 15) is 9.59 Å². The van der Waals surface area contributed by atoms with E-state index in [1.807, 2.05) is 0 Å². The third kappa shape index (κ3) is 3.05. The summed E-state index contributed by atoms with van der Waals surface area (Å²) >= 11 is 0. The standard InChI is InChI=1S/C14H18N2O3/c1-15-13(17)11-7-6-10(19-9-4-5-9)8-12(11)14(18)16(2)3/h6-9H,4-5H2,1-3H3,(H,15,17). The molecule has 0 unspecified atom stereocenters. The van der Waals surface area contributed by atoms with Crippen LogP contribution in [0.5, 0.6) is 5.75 Å². The summed E-state index contributed by atoms with van der Waals surface area (Å²) in [5, 5.41) is 2.54. The van der Waals surface area contributed by atoms with Crippen molar-refractivity contribution in [1.82, 2.24) is 10.2 Å². The first kappa shape index (κ1) is 13.4. The first-order valence-corrected chi connectivity index (χ1v) is 6.27. The molecule has 1 fully saturated rings. The van der Waals surface area contributed by atoms with Crippen LogP contribution in [0.25, 0.3) is 0 Å². The second-order valence-electron chi connectivity index (χ2n) is 4.80. The van der Waals surface area contributed by atoms with Crippen LogP contribution in [-0.2, 0) is 0 Å². The van der Waals surface area contributed by atoms with Crippen LogP contribution in [0.3, 0.4) is 0 Å². The molecule has 0 saturated heterocycles. The molecule has 19 heavy (non-hydrogen) atoms. The van der Waals surface area contributed by atoms with Crippen molar-refractivity contribution in [2.75, 3.05) is 21.1 Å². The lowest BCUT2D eigenvalue weighted by atomic mass is 10.1. The smallest absolute Gasteiger partial charge is 0.254 e. The Balaban J connectivity index is 2.36. The van der Waals surface area contributed by atoms with Gasteiger partial charge in [-0.1, -0.05) is 0 Å². The fraction of sp³-hybridized carbons (Fsp3) is 0.429. The van der Waals surface area contributed by atoms with E-state index in [0.717, 1.165) is 12.8 Å². The molecule has 0 bridgehead atoms. The quantitative estimate of drug-likeness (QED) is 0.889. The zero-order chi connectivity index (χ0) is 14.0. The lowest BCUT2D eigenvalue weighted by Crippen LogP contribution is -2.27. The van der Waals surface area contributed by atoms with Gasteiger partial charge >= 0.3 is 0 Å². The van der Waals surface area contributed by atoms with E-state index in [2.05, 4.69) is 5.32 Å². The van der Waals surface area contributed by atoms with Crippen molar-refractivity contribution in [2.45, 2.75) is 18.9 Å². The minimum absolute atomic E-state index is 0.208. The Morgan fingerprint density at radius 2 is 1.95 bits per heavy atom. The fourth-order valence-corrected chi connectivity index (χ4v) is 1.73. The van der Waals surface area contributed by atoms with Gasteiger partial charge in [0.05, 0.1) is 17.2 Å². The Morgan fingerprint density at radius 3 is 2.47 bits per heavy atom. The van der Waals surface area contributed by atoms with E-state index in [1.54, 1.807) is 39.3 Å². The van der Waals surface area contributed by atoms with Gasteiger partial charge in [-0.05, 0) is 31.0 Å². The SMILES string of the molecule is CNC(=O)c1ccc(OC2CC2)cc1C(=O)N(C)C. The molecule has 1 saturated carbocycles. The van der Waals surface area contributed by atoms with Gasteiger partial charge in [0.25, 0.3) is 11.8 Å². The molecule has 0 aliphatic heterocycles. The monoisotopic (exact) mass is 262 g/mol. The van der Waals surface area contributed by atoms with Crippen molar-refractivity contribution in [3.8, 4) is 5.75 Å². The van der Waals surface area contributed by atoms with Crippen molar-refractivity contribution in [1.29, 1.82) is 0 Å². The Hall–Kier alpha value is -2.04.